The number of benzene rings is 1. The van der Waals surface area contributed by atoms with Crippen molar-refractivity contribution < 1.29 is 13.2 Å². The molecule has 0 radical (unpaired) electrons. The number of hydrogen-bond acceptors (Lipinski definition) is 6. The molecule has 1 aromatic carbocycles. The van der Waals surface area contributed by atoms with Crippen molar-refractivity contribution in [2.24, 2.45) is 5.14 Å². The van der Waals surface area contributed by atoms with Crippen LogP contribution in [0.1, 0.15) is 22.8 Å². The minimum atomic E-state index is -3.88. The van der Waals surface area contributed by atoms with Crippen LogP contribution < -0.4 is 16.2 Å². The summed E-state index contributed by atoms with van der Waals surface area (Å²) in [6.07, 6.45) is 5.05. The largest absolute Gasteiger partial charge is 0.383 e. The van der Waals surface area contributed by atoms with E-state index < -0.39 is 15.9 Å². The maximum Gasteiger partial charge on any atom is 0.259 e. The van der Waals surface area contributed by atoms with E-state index in [4.69, 9.17) is 10.9 Å². The number of amides is 1. The SMILES string of the molecule is CCc1c(-c2cnc(N)c(C(=O)Nc3ccncc3)c2)cccc1S(N)(=O)=O. The van der Waals surface area contributed by atoms with E-state index in [1.54, 1.807) is 42.7 Å². The first-order chi connectivity index (χ1) is 13.3. The highest BCUT2D eigenvalue weighted by atomic mass is 32.2. The standard InChI is InChI=1S/C19H19N5O3S/c1-2-14-15(4-3-5-17(14)28(21,26)27)12-10-16(18(20)23-11-12)19(25)24-13-6-8-22-9-7-13/h3-11H,2H2,1H3,(H2,20,23)(H2,21,26,27)(H,22,24,25). The molecule has 0 unspecified atom stereocenters. The Balaban J connectivity index is 2.06. The van der Waals surface area contributed by atoms with Crippen molar-refractivity contribution in [3.63, 3.8) is 0 Å². The Hall–Kier alpha value is -3.30. The molecule has 0 aliphatic carbocycles. The predicted octanol–water partition coefficient (Wildman–Crippen LogP) is 2.19. The number of anilines is 2. The summed E-state index contributed by atoms with van der Waals surface area (Å²) in [5.41, 5.74) is 8.38. The van der Waals surface area contributed by atoms with Gasteiger partial charge in [-0.15, -0.1) is 0 Å². The monoisotopic (exact) mass is 397 g/mol. The molecular formula is C19H19N5O3S. The van der Waals surface area contributed by atoms with Gasteiger partial charge in [-0.3, -0.25) is 9.78 Å². The molecule has 9 heteroatoms. The van der Waals surface area contributed by atoms with Crippen molar-refractivity contribution in [2.45, 2.75) is 18.2 Å². The van der Waals surface area contributed by atoms with E-state index in [1.807, 2.05) is 6.92 Å². The van der Waals surface area contributed by atoms with Gasteiger partial charge in [-0.05, 0) is 41.8 Å². The van der Waals surface area contributed by atoms with Crippen molar-refractivity contribution in [1.82, 2.24) is 9.97 Å². The molecule has 28 heavy (non-hydrogen) atoms. The molecule has 0 saturated carbocycles. The van der Waals surface area contributed by atoms with Crippen LogP contribution in [0.25, 0.3) is 11.1 Å². The van der Waals surface area contributed by atoms with Gasteiger partial charge in [-0.2, -0.15) is 0 Å². The molecule has 0 aliphatic rings. The fraction of sp³-hybridized carbons (Fsp3) is 0.105. The molecule has 2 heterocycles. The van der Waals surface area contributed by atoms with Gasteiger partial charge in [-0.1, -0.05) is 19.1 Å². The first kappa shape index (κ1) is 19.5. The number of pyridine rings is 2. The predicted molar refractivity (Wildman–Crippen MR) is 107 cm³/mol. The van der Waals surface area contributed by atoms with Crippen molar-refractivity contribution in [1.29, 1.82) is 0 Å². The molecule has 0 fully saturated rings. The number of nitrogens with zero attached hydrogens (tertiary/aromatic N) is 2. The van der Waals surface area contributed by atoms with Gasteiger partial charge < -0.3 is 11.1 Å². The summed E-state index contributed by atoms with van der Waals surface area (Å²) < 4.78 is 23.8. The number of rotatable bonds is 5. The van der Waals surface area contributed by atoms with Crippen molar-refractivity contribution in [3.8, 4) is 11.1 Å². The number of primary sulfonamides is 1. The van der Waals surface area contributed by atoms with E-state index in [-0.39, 0.29) is 16.3 Å². The molecule has 3 rings (SSSR count). The summed E-state index contributed by atoms with van der Waals surface area (Å²) in [5.74, 6) is -0.366. The summed E-state index contributed by atoms with van der Waals surface area (Å²) in [4.78, 5) is 20.7. The van der Waals surface area contributed by atoms with Gasteiger partial charge in [-0.25, -0.2) is 18.5 Å². The summed E-state index contributed by atoms with van der Waals surface area (Å²) in [5, 5.41) is 8.06. The number of hydrogen-bond donors (Lipinski definition) is 3. The number of carbonyl (C=O) groups excluding carboxylic acids is 1. The van der Waals surface area contributed by atoms with Crippen LogP contribution in [0, 0.1) is 0 Å². The van der Waals surface area contributed by atoms with Crippen LogP contribution in [0.5, 0.6) is 0 Å². The fourth-order valence-corrected chi connectivity index (χ4v) is 3.77. The minimum absolute atomic E-state index is 0.0483. The van der Waals surface area contributed by atoms with Crippen LogP contribution in [0.2, 0.25) is 0 Å². The van der Waals surface area contributed by atoms with Crippen LogP contribution in [-0.2, 0) is 16.4 Å². The summed E-state index contributed by atoms with van der Waals surface area (Å²) in [7, 11) is -3.88. The Morgan fingerprint density at radius 2 is 1.89 bits per heavy atom. The fourth-order valence-electron chi connectivity index (χ4n) is 2.91. The van der Waals surface area contributed by atoms with Gasteiger partial charge >= 0.3 is 0 Å². The molecular weight excluding hydrogens is 378 g/mol. The van der Waals surface area contributed by atoms with Crippen molar-refractivity contribution in [3.05, 3.63) is 66.1 Å². The molecule has 144 valence electrons. The third-order valence-electron chi connectivity index (χ3n) is 4.21. The minimum Gasteiger partial charge on any atom is -0.383 e. The van der Waals surface area contributed by atoms with E-state index in [0.29, 0.717) is 28.8 Å². The Kier molecular flexibility index (Phi) is 5.39. The molecule has 0 spiro atoms. The number of carbonyl (C=O) groups is 1. The highest BCUT2D eigenvalue weighted by molar-refractivity contribution is 7.89. The Bertz CT molecular complexity index is 1130. The molecule has 1 amide bonds. The number of nitrogens with two attached hydrogens (primary N) is 2. The molecule has 3 aromatic rings. The van der Waals surface area contributed by atoms with Crippen LogP contribution in [0.3, 0.4) is 0 Å². The lowest BCUT2D eigenvalue weighted by Crippen LogP contribution is -2.16. The van der Waals surface area contributed by atoms with Gasteiger partial charge in [0, 0.05) is 29.8 Å². The van der Waals surface area contributed by atoms with E-state index in [0.717, 1.165) is 0 Å². The van der Waals surface area contributed by atoms with Crippen molar-refractivity contribution in [2.75, 3.05) is 11.1 Å². The zero-order valence-corrected chi connectivity index (χ0v) is 15.9. The maximum absolute atomic E-state index is 12.6. The second-order valence-corrected chi connectivity index (χ2v) is 7.56. The van der Waals surface area contributed by atoms with Gasteiger partial charge in [0.1, 0.15) is 5.82 Å². The van der Waals surface area contributed by atoms with Crippen LogP contribution in [0.15, 0.2) is 59.9 Å². The molecule has 0 atom stereocenters. The smallest absolute Gasteiger partial charge is 0.259 e. The first-order valence-electron chi connectivity index (χ1n) is 8.43. The van der Waals surface area contributed by atoms with Crippen LogP contribution in [-0.4, -0.2) is 24.3 Å². The van der Waals surface area contributed by atoms with Gasteiger partial charge in [0.05, 0.1) is 10.5 Å². The Morgan fingerprint density at radius 1 is 1.18 bits per heavy atom. The average molecular weight is 397 g/mol. The van der Waals surface area contributed by atoms with Gasteiger partial charge in [0.25, 0.3) is 5.91 Å². The van der Waals surface area contributed by atoms with E-state index in [1.165, 1.54) is 12.3 Å². The lowest BCUT2D eigenvalue weighted by molar-refractivity contribution is 0.102. The molecule has 2 aromatic heterocycles. The average Bonchev–Trinajstić information content (AvgIpc) is 2.67. The normalized spacial score (nSPS) is 11.2. The van der Waals surface area contributed by atoms with E-state index >= 15 is 0 Å². The maximum atomic E-state index is 12.6. The summed E-state index contributed by atoms with van der Waals surface area (Å²) >= 11 is 0. The van der Waals surface area contributed by atoms with E-state index in [9.17, 15) is 13.2 Å². The number of sulfonamides is 1. The molecule has 8 nitrogen and oxygen atoms in total. The van der Waals surface area contributed by atoms with Gasteiger partial charge in [0.15, 0.2) is 0 Å². The van der Waals surface area contributed by atoms with Crippen LogP contribution >= 0.6 is 0 Å². The molecule has 0 bridgehead atoms. The lowest BCUT2D eigenvalue weighted by Gasteiger charge is -2.14. The van der Waals surface area contributed by atoms with E-state index in [2.05, 4.69) is 15.3 Å². The summed E-state index contributed by atoms with van der Waals surface area (Å²) in [6, 6.07) is 9.69. The Labute approximate surface area is 162 Å². The molecule has 0 saturated heterocycles. The van der Waals surface area contributed by atoms with Gasteiger partial charge in [0.2, 0.25) is 10.0 Å². The molecule has 5 N–H and O–H groups in total. The first-order valence-corrected chi connectivity index (χ1v) is 9.98. The van der Waals surface area contributed by atoms with Crippen LogP contribution in [0.4, 0.5) is 11.5 Å². The third kappa shape index (κ3) is 4.00. The second-order valence-electron chi connectivity index (χ2n) is 6.03. The Morgan fingerprint density at radius 3 is 2.54 bits per heavy atom. The third-order valence-corrected chi connectivity index (χ3v) is 5.20. The highest BCUT2D eigenvalue weighted by Gasteiger charge is 2.19. The second kappa shape index (κ2) is 7.75. The number of aromatic nitrogens is 2. The molecule has 0 aliphatic heterocycles. The topological polar surface area (TPSA) is 141 Å². The number of nitrogens with one attached hydrogen (secondary N) is 1. The lowest BCUT2D eigenvalue weighted by atomic mass is 9.98. The zero-order chi connectivity index (χ0) is 20.3. The number of nitrogen functional groups attached to an aromatic ring is 1. The zero-order valence-electron chi connectivity index (χ0n) is 15.1. The quantitative estimate of drug-likeness (QED) is 0.602. The highest BCUT2D eigenvalue weighted by Crippen LogP contribution is 2.30. The van der Waals surface area contributed by atoms with Crippen molar-refractivity contribution >= 4 is 27.4 Å². The summed E-state index contributed by atoms with van der Waals surface area (Å²) in [6.45, 7) is 1.83.